The first-order chi connectivity index (χ1) is 12.2. The van der Waals surface area contributed by atoms with Crippen molar-refractivity contribution in [2.45, 2.75) is 50.8 Å². The average molecular weight is 383 g/mol. The Balaban J connectivity index is 1.75. The van der Waals surface area contributed by atoms with Gasteiger partial charge in [0.1, 0.15) is 4.90 Å². The van der Waals surface area contributed by atoms with Gasteiger partial charge >= 0.3 is 0 Å². The van der Waals surface area contributed by atoms with E-state index in [0.717, 1.165) is 32.2 Å². The zero-order valence-electron chi connectivity index (χ0n) is 16.0. The summed E-state index contributed by atoms with van der Waals surface area (Å²) in [6.45, 7) is 6.81. The number of rotatable bonds is 5. The summed E-state index contributed by atoms with van der Waals surface area (Å²) >= 11 is 0. The fourth-order valence-electron chi connectivity index (χ4n) is 4.10. The van der Waals surface area contributed by atoms with E-state index in [1.807, 2.05) is 4.90 Å². The number of carbonyl (C=O) groups excluding carboxylic acids is 1. The van der Waals surface area contributed by atoms with Crippen LogP contribution in [0.1, 0.15) is 46.0 Å². The predicted octanol–water partition coefficient (Wildman–Crippen LogP) is 1.86. The van der Waals surface area contributed by atoms with Crippen molar-refractivity contribution in [2.24, 2.45) is 18.4 Å². The van der Waals surface area contributed by atoms with Crippen molar-refractivity contribution in [3.8, 4) is 0 Å². The molecule has 3 heterocycles. The van der Waals surface area contributed by atoms with E-state index in [2.05, 4.69) is 18.9 Å². The molecule has 0 N–H and O–H groups in total. The van der Waals surface area contributed by atoms with Crippen molar-refractivity contribution < 1.29 is 13.2 Å². The summed E-state index contributed by atoms with van der Waals surface area (Å²) in [6, 6.07) is 0. The van der Waals surface area contributed by atoms with Gasteiger partial charge in [0.2, 0.25) is 15.9 Å². The largest absolute Gasteiger partial charge is 0.342 e. The number of hydrogen-bond donors (Lipinski definition) is 0. The summed E-state index contributed by atoms with van der Waals surface area (Å²) in [7, 11) is -1.81. The molecule has 1 aromatic rings. The van der Waals surface area contributed by atoms with Crippen molar-refractivity contribution in [1.29, 1.82) is 0 Å². The van der Waals surface area contributed by atoms with Crippen LogP contribution in [-0.2, 0) is 21.9 Å². The number of aromatic nitrogens is 2. The summed E-state index contributed by atoms with van der Waals surface area (Å²) < 4.78 is 29.1. The van der Waals surface area contributed by atoms with Crippen molar-refractivity contribution in [3.05, 3.63) is 12.4 Å². The molecule has 0 unspecified atom stereocenters. The standard InChI is InChI=1S/C18H30N4O3S/c1-15(2)6-10-21-13-18(8-5-17(21)23)7-4-9-22(14-18)26(24,25)16-11-19-20(3)12-16/h11-12,15H,4-10,13-14H2,1-3H3/t18-/m1/s1. The smallest absolute Gasteiger partial charge is 0.246 e. The maximum absolute atomic E-state index is 13.0. The summed E-state index contributed by atoms with van der Waals surface area (Å²) in [4.78, 5) is 14.5. The van der Waals surface area contributed by atoms with Crippen LogP contribution in [0, 0.1) is 11.3 Å². The van der Waals surface area contributed by atoms with Crippen LogP contribution in [0.5, 0.6) is 0 Å². The number of piperidine rings is 2. The quantitative estimate of drug-likeness (QED) is 0.779. The van der Waals surface area contributed by atoms with Gasteiger partial charge < -0.3 is 4.90 Å². The van der Waals surface area contributed by atoms with E-state index in [1.54, 1.807) is 17.5 Å². The van der Waals surface area contributed by atoms with Crippen LogP contribution in [-0.4, -0.2) is 59.5 Å². The monoisotopic (exact) mass is 382 g/mol. The highest BCUT2D eigenvalue weighted by Gasteiger charge is 2.44. The first kappa shape index (κ1) is 19.4. The molecule has 2 fully saturated rings. The van der Waals surface area contributed by atoms with Crippen LogP contribution in [0.3, 0.4) is 0 Å². The molecule has 3 rings (SSSR count). The zero-order valence-corrected chi connectivity index (χ0v) is 16.8. The van der Waals surface area contributed by atoms with Gasteiger partial charge in [0.25, 0.3) is 0 Å². The highest BCUT2D eigenvalue weighted by Crippen LogP contribution is 2.40. The van der Waals surface area contributed by atoms with Gasteiger partial charge in [-0.1, -0.05) is 13.8 Å². The summed E-state index contributed by atoms with van der Waals surface area (Å²) in [5.41, 5.74) is -0.113. The molecule has 1 aromatic heterocycles. The number of aryl methyl sites for hydroxylation is 1. The second kappa shape index (κ2) is 7.31. The Morgan fingerprint density at radius 3 is 2.69 bits per heavy atom. The molecule has 0 aromatic carbocycles. The molecule has 1 atom stereocenters. The fraction of sp³-hybridized carbons (Fsp3) is 0.778. The van der Waals surface area contributed by atoms with Crippen molar-refractivity contribution in [2.75, 3.05) is 26.2 Å². The lowest BCUT2D eigenvalue weighted by Gasteiger charge is -2.47. The third-order valence-electron chi connectivity index (χ3n) is 5.67. The normalized spacial score (nSPS) is 25.4. The second-order valence-corrected chi connectivity index (χ2v) is 10.2. The third kappa shape index (κ3) is 3.96. The summed E-state index contributed by atoms with van der Waals surface area (Å²) in [6.07, 6.45) is 7.08. The molecule has 8 heteroatoms. The average Bonchev–Trinajstić information content (AvgIpc) is 3.03. The van der Waals surface area contributed by atoms with Gasteiger partial charge in [0, 0.05) is 51.3 Å². The Morgan fingerprint density at radius 1 is 1.27 bits per heavy atom. The number of likely N-dealkylation sites (tertiary alicyclic amines) is 1. The highest BCUT2D eigenvalue weighted by atomic mass is 32.2. The predicted molar refractivity (Wildman–Crippen MR) is 98.9 cm³/mol. The number of nitrogens with zero attached hydrogens (tertiary/aromatic N) is 4. The van der Waals surface area contributed by atoms with Crippen molar-refractivity contribution >= 4 is 15.9 Å². The van der Waals surface area contributed by atoms with Gasteiger partial charge in [-0.3, -0.25) is 9.48 Å². The van der Waals surface area contributed by atoms with E-state index in [1.165, 1.54) is 10.9 Å². The van der Waals surface area contributed by atoms with Gasteiger partial charge in [-0.2, -0.15) is 9.40 Å². The fourth-order valence-corrected chi connectivity index (χ4v) is 5.68. The molecular weight excluding hydrogens is 352 g/mol. The molecule has 2 aliphatic heterocycles. The van der Waals surface area contributed by atoms with E-state index in [-0.39, 0.29) is 16.2 Å². The van der Waals surface area contributed by atoms with Gasteiger partial charge in [0.05, 0.1) is 6.20 Å². The van der Waals surface area contributed by atoms with Gasteiger partial charge in [-0.25, -0.2) is 8.42 Å². The Labute approximate surface area is 156 Å². The first-order valence-electron chi connectivity index (χ1n) is 9.48. The molecule has 2 saturated heterocycles. The molecule has 1 spiro atoms. The van der Waals surface area contributed by atoms with E-state index < -0.39 is 10.0 Å². The molecule has 1 amide bonds. The maximum atomic E-state index is 13.0. The minimum atomic E-state index is -3.53. The molecule has 146 valence electrons. The highest BCUT2D eigenvalue weighted by molar-refractivity contribution is 7.89. The summed E-state index contributed by atoms with van der Waals surface area (Å²) in [5.74, 6) is 0.762. The molecule has 0 radical (unpaired) electrons. The van der Waals surface area contributed by atoms with Gasteiger partial charge in [0.15, 0.2) is 0 Å². The van der Waals surface area contributed by atoms with Crippen molar-refractivity contribution in [3.63, 3.8) is 0 Å². The lowest BCUT2D eigenvalue weighted by molar-refractivity contribution is -0.138. The second-order valence-electron chi connectivity index (χ2n) is 8.29. The SMILES string of the molecule is CC(C)CCN1C[C@@]2(CCCN(S(=O)(=O)c3cnn(C)c3)C2)CCC1=O. The topological polar surface area (TPSA) is 75.5 Å². The lowest BCUT2D eigenvalue weighted by atomic mass is 9.74. The Hall–Kier alpha value is -1.41. The molecule has 0 aliphatic carbocycles. The van der Waals surface area contributed by atoms with Crippen LogP contribution in [0.2, 0.25) is 0 Å². The maximum Gasteiger partial charge on any atom is 0.246 e. The molecule has 0 saturated carbocycles. The molecule has 7 nitrogen and oxygen atoms in total. The van der Waals surface area contributed by atoms with E-state index in [0.29, 0.717) is 32.0 Å². The minimum Gasteiger partial charge on any atom is -0.342 e. The van der Waals surface area contributed by atoms with E-state index in [4.69, 9.17) is 0 Å². The molecule has 0 bridgehead atoms. The third-order valence-corrected chi connectivity index (χ3v) is 7.47. The number of carbonyl (C=O) groups is 1. The lowest BCUT2D eigenvalue weighted by Crippen LogP contribution is -2.55. The first-order valence-corrected chi connectivity index (χ1v) is 10.9. The van der Waals surface area contributed by atoms with Crippen LogP contribution < -0.4 is 0 Å². The number of amides is 1. The van der Waals surface area contributed by atoms with Crippen molar-refractivity contribution in [1.82, 2.24) is 19.0 Å². The van der Waals surface area contributed by atoms with Crippen LogP contribution >= 0.6 is 0 Å². The Bertz CT molecular complexity index is 758. The van der Waals surface area contributed by atoms with E-state index in [9.17, 15) is 13.2 Å². The van der Waals surface area contributed by atoms with Gasteiger partial charge in [-0.05, 0) is 31.6 Å². The molecule has 26 heavy (non-hydrogen) atoms. The Morgan fingerprint density at radius 2 is 2.04 bits per heavy atom. The zero-order chi connectivity index (χ0) is 18.9. The number of sulfonamides is 1. The van der Waals surface area contributed by atoms with Crippen LogP contribution in [0.4, 0.5) is 0 Å². The van der Waals surface area contributed by atoms with E-state index >= 15 is 0 Å². The van der Waals surface area contributed by atoms with Gasteiger partial charge in [-0.15, -0.1) is 0 Å². The van der Waals surface area contributed by atoms with Crippen LogP contribution in [0.15, 0.2) is 17.3 Å². The minimum absolute atomic E-state index is 0.113. The molecule has 2 aliphatic rings. The number of hydrogen-bond acceptors (Lipinski definition) is 4. The van der Waals surface area contributed by atoms with Crippen LogP contribution in [0.25, 0.3) is 0 Å². The Kier molecular flexibility index (Phi) is 5.44. The molecular formula is C18H30N4O3S. The summed E-state index contributed by atoms with van der Waals surface area (Å²) in [5, 5.41) is 4.00.